The molecule has 7 nitrogen and oxygen atoms in total. The van der Waals surface area contributed by atoms with Crippen LogP contribution in [0.1, 0.15) is 63.3 Å². The molecule has 0 radical (unpaired) electrons. The molecule has 1 N–H and O–H groups in total. The molecule has 2 rings (SSSR count). The highest BCUT2D eigenvalue weighted by molar-refractivity contribution is 7.03. The number of amides is 2. The fraction of sp³-hybridized carbons (Fsp3) is 0.529. The topological polar surface area (TPSA) is 88.3 Å². The van der Waals surface area contributed by atoms with E-state index in [1.807, 2.05) is 34.6 Å². The minimum Gasteiger partial charge on any atom is -0.467 e. The average Bonchev–Trinajstić information content (AvgIpc) is 3.22. The highest BCUT2D eigenvalue weighted by Gasteiger charge is 2.38. The van der Waals surface area contributed by atoms with Gasteiger partial charge in [0, 0.05) is 17.0 Å². The number of hydrogen-bond donors (Lipinski definition) is 1. The number of nitrogens with zero attached hydrogens (tertiary/aromatic N) is 3. The Morgan fingerprint density at radius 3 is 2.60 bits per heavy atom. The molecule has 136 valence electrons. The summed E-state index contributed by atoms with van der Waals surface area (Å²) >= 11 is 1.10. The van der Waals surface area contributed by atoms with Crippen LogP contribution in [-0.2, 0) is 4.79 Å². The monoisotopic (exact) mass is 364 g/mol. The molecule has 0 unspecified atom stereocenters. The predicted molar refractivity (Wildman–Crippen MR) is 95.2 cm³/mol. The van der Waals surface area contributed by atoms with Gasteiger partial charge in [-0.3, -0.25) is 9.59 Å². The summed E-state index contributed by atoms with van der Waals surface area (Å²) < 4.78 is 9.24. The summed E-state index contributed by atoms with van der Waals surface area (Å²) in [4.78, 5) is 27.5. The van der Waals surface area contributed by atoms with E-state index in [-0.39, 0.29) is 23.6 Å². The quantitative estimate of drug-likeness (QED) is 0.851. The second-order valence-electron chi connectivity index (χ2n) is 6.92. The molecule has 2 aromatic heterocycles. The molecule has 2 heterocycles. The van der Waals surface area contributed by atoms with Crippen molar-refractivity contribution in [3.8, 4) is 0 Å². The maximum Gasteiger partial charge on any atom is 0.276 e. The summed E-state index contributed by atoms with van der Waals surface area (Å²) in [6.45, 7) is 9.54. The number of rotatable bonds is 6. The Hall–Kier alpha value is -2.22. The van der Waals surface area contributed by atoms with Gasteiger partial charge >= 0.3 is 0 Å². The van der Waals surface area contributed by atoms with Gasteiger partial charge in [0.15, 0.2) is 11.7 Å². The molecule has 0 saturated heterocycles. The summed E-state index contributed by atoms with van der Waals surface area (Å²) in [7, 11) is 0. The number of aromatic nitrogens is 2. The van der Waals surface area contributed by atoms with Crippen LogP contribution >= 0.6 is 11.5 Å². The molecule has 0 saturated carbocycles. The van der Waals surface area contributed by atoms with E-state index in [2.05, 4.69) is 14.9 Å². The normalized spacial score (nSPS) is 14.0. The minimum atomic E-state index is -0.877. The van der Waals surface area contributed by atoms with E-state index in [1.165, 1.54) is 11.2 Å². The summed E-state index contributed by atoms with van der Waals surface area (Å²) in [5, 5.41) is 8.39. The maximum absolute atomic E-state index is 13.0. The number of carbonyl (C=O) groups excluding carboxylic acids is 2. The molecular formula is C17H24N4O3S. The third-order valence-electron chi connectivity index (χ3n) is 3.72. The smallest absolute Gasteiger partial charge is 0.276 e. The first-order valence-electron chi connectivity index (χ1n) is 8.19. The van der Waals surface area contributed by atoms with Crippen molar-refractivity contribution in [2.24, 2.45) is 0 Å². The molecular weight excluding hydrogens is 340 g/mol. The van der Waals surface area contributed by atoms with E-state index in [0.717, 1.165) is 11.5 Å². The van der Waals surface area contributed by atoms with Crippen molar-refractivity contribution in [3.63, 3.8) is 0 Å². The third kappa shape index (κ3) is 4.66. The van der Waals surface area contributed by atoms with Gasteiger partial charge in [0.25, 0.3) is 11.8 Å². The second-order valence-corrected chi connectivity index (χ2v) is 7.53. The Morgan fingerprint density at radius 2 is 2.12 bits per heavy atom. The molecule has 2 amide bonds. The first-order valence-corrected chi connectivity index (χ1v) is 9.03. The molecule has 2 aromatic rings. The first-order chi connectivity index (χ1) is 11.7. The van der Waals surface area contributed by atoms with Gasteiger partial charge in [-0.05, 0) is 57.8 Å². The number of carbonyl (C=O) groups is 2. The minimum absolute atomic E-state index is 0.185. The summed E-state index contributed by atoms with van der Waals surface area (Å²) in [6.07, 6.45) is 2.18. The van der Waals surface area contributed by atoms with E-state index < -0.39 is 11.6 Å². The zero-order valence-electron chi connectivity index (χ0n) is 15.1. The molecule has 0 bridgehead atoms. The Bertz CT molecular complexity index is 692. The zero-order chi connectivity index (χ0) is 18.6. The molecule has 0 aromatic carbocycles. The van der Waals surface area contributed by atoms with Crippen LogP contribution in [0.3, 0.4) is 0 Å². The maximum atomic E-state index is 13.0. The van der Waals surface area contributed by atoms with E-state index in [0.29, 0.717) is 12.2 Å². The Kier molecular flexibility index (Phi) is 5.94. The molecule has 0 spiro atoms. The fourth-order valence-electron chi connectivity index (χ4n) is 2.44. The van der Waals surface area contributed by atoms with Crippen molar-refractivity contribution in [3.05, 3.63) is 35.2 Å². The molecule has 0 aliphatic carbocycles. The van der Waals surface area contributed by atoms with Gasteiger partial charge < -0.3 is 14.6 Å². The largest absolute Gasteiger partial charge is 0.467 e. The van der Waals surface area contributed by atoms with Crippen LogP contribution in [0.4, 0.5) is 0 Å². The van der Waals surface area contributed by atoms with Crippen molar-refractivity contribution < 1.29 is 14.0 Å². The summed E-state index contributed by atoms with van der Waals surface area (Å²) in [6, 6.07) is 2.35. The lowest BCUT2D eigenvalue weighted by Crippen LogP contribution is -2.51. The van der Waals surface area contributed by atoms with Crippen molar-refractivity contribution in [1.29, 1.82) is 0 Å². The van der Waals surface area contributed by atoms with Gasteiger partial charge in [-0.2, -0.15) is 0 Å². The second kappa shape index (κ2) is 7.77. The van der Waals surface area contributed by atoms with Crippen LogP contribution < -0.4 is 5.32 Å². The van der Waals surface area contributed by atoms with Gasteiger partial charge in [0.1, 0.15) is 5.76 Å². The van der Waals surface area contributed by atoms with Crippen molar-refractivity contribution in [2.45, 2.75) is 58.7 Å². The lowest BCUT2D eigenvalue weighted by molar-refractivity contribution is -0.128. The SMILES string of the molecule is CC[C@@H](C)N(C(=O)c1csnn1)[C@@H](C(=O)NC(C)(C)C)c1ccco1. The fourth-order valence-corrected chi connectivity index (χ4v) is 2.87. The molecule has 0 fully saturated rings. The van der Waals surface area contributed by atoms with Gasteiger partial charge in [0.2, 0.25) is 0 Å². The number of hydrogen-bond acceptors (Lipinski definition) is 6. The van der Waals surface area contributed by atoms with Crippen LogP contribution in [0.2, 0.25) is 0 Å². The molecule has 8 heteroatoms. The van der Waals surface area contributed by atoms with Gasteiger partial charge in [-0.15, -0.1) is 5.10 Å². The van der Waals surface area contributed by atoms with Gasteiger partial charge in [0.05, 0.1) is 6.26 Å². The highest BCUT2D eigenvalue weighted by Crippen LogP contribution is 2.27. The summed E-state index contributed by atoms with van der Waals surface area (Å²) in [5.74, 6) is -0.216. The molecule has 0 aliphatic heterocycles. The van der Waals surface area contributed by atoms with Crippen LogP contribution in [-0.4, -0.2) is 37.9 Å². The predicted octanol–water partition coefficient (Wildman–Crippen LogP) is 3.03. The third-order valence-corrected chi connectivity index (χ3v) is 4.22. The van der Waals surface area contributed by atoms with Crippen molar-refractivity contribution >= 4 is 23.3 Å². The Labute approximate surface area is 151 Å². The summed E-state index contributed by atoms with van der Waals surface area (Å²) in [5.41, 5.74) is -0.209. The van der Waals surface area contributed by atoms with Crippen LogP contribution in [0.15, 0.2) is 28.2 Å². The van der Waals surface area contributed by atoms with E-state index >= 15 is 0 Å². The number of furan rings is 1. The van der Waals surface area contributed by atoms with Crippen molar-refractivity contribution in [1.82, 2.24) is 19.8 Å². The molecule has 0 aliphatic rings. The number of nitrogens with one attached hydrogen (secondary N) is 1. The first kappa shape index (κ1) is 19.1. The lowest BCUT2D eigenvalue weighted by atomic mass is 10.0. The zero-order valence-corrected chi connectivity index (χ0v) is 16.0. The lowest BCUT2D eigenvalue weighted by Gasteiger charge is -2.35. The standard InChI is InChI=1S/C17H24N4O3S/c1-6-11(2)21(16(23)12-10-25-20-19-12)14(13-8-7-9-24-13)15(22)18-17(3,4)5/h7-11,14H,6H2,1-5H3,(H,18,22)/t11-,14-/m1/s1. The average molecular weight is 364 g/mol. The van der Waals surface area contributed by atoms with Crippen LogP contribution in [0, 0.1) is 0 Å². The molecule has 2 atom stereocenters. The Balaban J connectivity index is 2.46. The van der Waals surface area contributed by atoms with Crippen molar-refractivity contribution in [2.75, 3.05) is 0 Å². The Morgan fingerprint density at radius 1 is 1.40 bits per heavy atom. The molecule has 25 heavy (non-hydrogen) atoms. The van der Waals surface area contributed by atoms with E-state index in [9.17, 15) is 9.59 Å². The van der Waals surface area contributed by atoms with Crippen LogP contribution in [0.25, 0.3) is 0 Å². The van der Waals surface area contributed by atoms with E-state index in [4.69, 9.17) is 4.42 Å². The van der Waals surface area contributed by atoms with E-state index in [1.54, 1.807) is 17.5 Å². The van der Waals surface area contributed by atoms with Crippen LogP contribution in [0.5, 0.6) is 0 Å². The highest BCUT2D eigenvalue weighted by atomic mass is 32.1. The van der Waals surface area contributed by atoms with Gasteiger partial charge in [-0.1, -0.05) is 11.4 Å². The van der Waals surface area contributed by atoms with Gasteiger partial charge in [-0.25, -0.2) is 0 Å².